The van der Waals surface area contributed by atoms with Crippen LogP contribution in [0.1, 0.15) is 44.9 Å². The van der Waals surface area contributed by atoms with Gasteiger partial charge in [0, 0.05) is 6.42 Å². The van der Waals surface area contributed by atoms with E-state index in [4.69, 9.17) is 0 Å². The smallest absolute Gasteiger partial charge is 0.211 e. The molecule has 0 heterocycles. The number of carbonyl (C=O) groups excluding carboxylic acids is 2. The normalized spacial score (nSPS) is 25.5. The van der Waals surface area contributed by atoms with Gasteiger partial charge in [0.1, 0.15) is 0 Å². The molecule has 0 aromatic heterocycles. The highest BCUT2D eigenvalue weighted by Gasteiger charge is 2.15. The third-order valence-electron chi connectivity index (χ3n) is 4.05. The summed E-state index contributed by atoms with van der Waals surface area (Å²) in [5.74, 6) is 0.460. The molecule has 2 rings (SSSR count). The van der Waals surface area contributed by atoms with Gasteiger partial charge in [-0.2, -0.15) is 4.99 Å². The second-order valence-electron chi connectivity index (χ2n) is 5.60. The van der Waals surface area contributed by atoms with Gasteiger partial charge < -0.3 is 0 Å². The molecule has 0 aliphatic heterocycles. The van der Waals surface area contributed by atoms with Crippen LogP contribution in [0.5, 0.6) is 0 Å². The summed E-state index contributed by atoms with van der Waals surface area (Å²) in [6, 6.07) is 0.109. The van der Waals surface area contributed by atoms with Gasteiger partial charge in [-0.15, -0.1) is 0 Å². The SMILES string of the molecule is O=C=NC1=CCC(CC2=CCC(N=C=O)CCC2)C=CC1. The number of nitrogens with zero attached hydrogens (tertiary/aromatic N) is 2. The van der Waals surface area contributed by atoms with Gasteiger partial charge in [-0.25, -0.2) is 14.6 Å². The summed E-state index contributed by atoms with van der Waals surface area (Å²) in [5, 5.41) is 0. The zero-order valence-electron chi connectivity index (χ0n) is 12.1. The van der Waals surface area contributed by atoms with Crippen LogP contribution < -0.4 is 0 Å². The predicted octanol–water partition coefficient (Wildman–Crippen LogP) is 3.77. The molecule has 0 aromatic rings. The fourth-order valence-corrected chi connectivity index (χ4v) is 2.93. The molecule has 2 aliphatic rings. The summed E-state index contributed by atoms with van der Waals surface area (Å²) >= 11 is 0. The van der Waals surface area contributed by atoms with Crippen LogP contribution in [0.3, 0.4) is 0 Å². The largest absolute Gasteiger partial charge is 0.240 e. The van der Waals surface area contributed by atoms with E-state index in [-0.39, 0.29) is 6.04 Å². The van der Waals surface area contributed by atoms with Crippen molar-refractivity contribution >= 4 is 12.2 Å². The van der Waals surface area contributed by atoms with E-state index < -0.39 is 0 Å². The molecule has 0 amide bonds. The van der Waals surface area contributed by atoms with E-state index in [9.17, 15) is 9.59 Å². The third kappa shape index (κ3) is 5.11. The number of allylic oxidation sites excluding steroid dienone is 4. The summed E-state index contributed by atoms with van der Waals surface area (Å²) in [4.78, 5) is 28.2. The maximum Gasteiger partial charge on any atom is 0.240 e. The second kappa shape index (κ2) is 8.31. The molecule has 0 saturated heterocycles. The van der Waals surface area contributed by atoms with Gasteiger partial charge in [-0.1, -0.05) is 29.9 Å². The van der Waals surface area contributed by atoms with Gasteiger partial charge in [-0.3, -0.25) is 0 Å². The van der Waals surface area contributed by atoms with Crippen LogP contribution in [0.15, 0.2) is 45.6 Å². The number of aliphatic imine (C=N–C) groups is 2. The Labute approximate surface area is 125 Å². The van der Waals surface area contributed by atoms with Crippen molar-refractivity contribution < 1.29 is 9.59 Å². The third-order valence-corrected chi connectivity index (χ3v) is 4.05. The highest BCUT2D eigenvalue weighted by molar-refractivity contribution is 5.37. The van der Waals surface area contributed by atoms with Crippen LogP contribution in [0, 0.1) is 5.92 Å². The zero-order valence-corrected chi connectivity index (χ0v) is 12.1. The average molecular weight is 284 g/mol. The van der Waals surface area contributed by atoms with Crippen LogP contribution >= 0.6 is 0 Å². The summed E-state index contributed by atoms with van der Waals surface area (Å²) in [6.07, 6.45) is 18.5. The maximum absolute atomic E-state index is 10.3. The Bertz CT molecular complexity index is 547. The molecule has 110 valence electrons. The van der Waals surface area contributed by atoms with E-state index in [1.807, 2.05) is 6.08 Å². The lowest BCUT2D eigenvalue weighted by Gasteiger charge is -2.12. The van der Waals surface area contributed by atoms with E-state index in [0.717, 1.165) is 44.2 Å². The van der Waals surface area contributed by atoms with E-state index in [0.29, 0.717) is 12.3 Å². The molecular formula is C17H20N2O2. The molecule has 0 N–H and O–H groups in total. The minimum Gasteiger partial charge on any atom is -0.211 e. The second-order valence-corrected chi connectivity index (χ2v) is 5.60. The van der Waals surface area contributed by atoms with Crippen LogP contribution in [-0.2, 0) is 9.59 Å². The van der Waals surface area contributed by atoms with Gasteiger partial charge in [0.2, 0.25) is 12.2 Å². The van der Waals surface area contributed by atoms with E-state index in [2.05, 4.69) is 28.2 Å². The summed E-state index contributed by atoms with van der Waals surface area (Å²) in [6.45, 7) is 0. The standard InChI is InChI=1S/C17H20N2O2/c20-12-18-16-5-1-3-14(7-9-16)11-15-4-2-6-17(10-8-15)19-13-21/h1,3,8-9,14,17H,2,4-7,10-11H2. The van der Waals surface area contributed by atoms with E-state index in [1.165, 1.54) is 5.57 Å². The Kier molecular flexibility index (Phi) is 6.08. The summed E-state index contributed by atoms with van der Waals surface area (Å²) in [5.41, 5.74) is 2.25. The first-order valence-electron chi connectivity index (χ1n) is 7.50. The van der Waals surface area contributed by atoms with Gasteiger partial charge in [0.25, 0.3) is 0 Å². The van der Waals surface area contributed by atoms with Gasteiger partial charge in [0.05, 0.1) is 11.7 Å². The minimum atomic E-state index is 0.109. The fraction of sp³-hybridized carbons (Fsp3) is 0.529. The molecule has 0 saturated carbocycles. The Morgan fingerprint density at radius 3 is 2.90 bits per heavy atom. The Hall–Kier alpha value is -2.02. The van der Waals surface area contributed by atoms with Crippen molar-refractivity contribution in [3.8, 4) is 0 Å². The molecule has 0 bridgehead atoms. The fourth-order valence-electron chi connectivity index (χ4n) is 2.93. The molecule has 0 radical (unpaired) electrons. The summed E-state index contributed by atoms with van der Waals surface area (Å²) < 4.78 is 0. The first kappa shape index (κ1) is 15.4. The Morgan fingerprint density at radius 1 is 1.19 bits per heavy atom. The number of hydrogen-bond acceptors (Lipinski definition) is 4. The molecule has 0 fully saturated rings. The highest BCUT2D eigenvalue weighted by atomic mass is 16.1. The van der Waals surface area contributed by atoms with Crippen LogP contribution in [0.25, 0.3) is 0 Å². The average Bonchev–Trinajstić information content (AvgIpc) is 2.82. The molecule has 2 aliphatic carbocycles. The van der Waals surface area contributed by atoms with Crippen molar-refractivity contribution in [1.29, 1.82) is 0 Å². The van der Waals surface area contributed by atoms with Gasteiger partial charge in [-0.05, 0) is 44.4 Å². The van der Waals surface area contributed by atoms with Gasteiger partial charge in [0.15, 0.2) is 0 Å². The lowest BCUT2D eigenvalue weighted by atomic mass is 9.94. The Morgan fingerprint density at radius 2 is 2.10 bits per heavy atom. The minimum absolute atomic E-state index is 0.109. The summed E-state index contributed by atoms with van der Waals surface area (Å²) in [7, 11) is 0. The molecular weight excluding hydrogens is 264 g/mol. The van der Waals surface area contributed by atoms with Gasteiger partial charge >= 0.3 is 0 Å². The van der Waals surface area contributed by atoms with E-state index in [1.54, 1.807) is 12.2 Å². The number of hydrogen-bond donors (Lipinski definition) is 0. The van der Waals surface area contributed by atoms with Crippen molar-refractivity contribution in [2.75, 3.05) is 0 Å². The quantitative estimate of drug-likeness (QED) is 0.448. The topological polar surface area (TPSA) is 58.9 Å². The molecule has 2 atom stereocenters. The maximum atomic E-state index is 10.3. The van der Waals surface area contributed by atoms with Crippen molar-refractivity contribution in [2.45, 2.75) is 51.0 Å². The van der Waals surface area contributed by atoms with Crippen molar-refractivity contribution in [1.82, 2.24) is 0 Å². The molecule has 2 unspecified atom stereocenters. The molecule has 4 heteroatoms. The number of rotatable bonds is 4. The number of isocyanates is 2. The van der Waals surface area contributed by atoms with Crippen molar-refractivity contribution in [3.05, 3.63) is 35.6 Å². The first-order valence-corrected chi connectivity index (χ1v) is 7.50. The first-order chi connectivity index (χ1) is 10.3. The van der Waals surface area contributed by atoms with Crippen LogP contribution in [-0.4, -0.2) is 18.2 Å². The Balaban J connectivity index is 1.95. The van der Waals surface area contributed by atoms with E-state index >= 15 is 0 Å². The molecule has 21 heavy (non-hydrogen) atoms. The van der Waals surface area contributed by atoms with Crippen molar-refractivity contribution in [2.24, 2.45) is 15.9 Å². The lowest BCUT2D eigenvalue weighted by molar-refractivity contribution is 0.547. The predicted molar refractivity (Wildman–Crippen MR) is 81.1 cm³/mol. The molecule has 0 aromatic carbocycles. The van der Waals surface area contributed by atoms with Crippen LogP contribution in [0.2, 0.25) is 0 Å². The monoisotopic (exact) mass is 284 g/mol. The van der Waals surface area contributed by atoms with Crippen molar-refractivity contribution in [3.63, 3.8) is 0 Å². The highest BCUT2D eigenvalue weighted by Crippen LogP contribution is 2.28. The zero-order chi connectivity index (χ0) is 14.9. The molecule has 4 nitrogen and oxygen atoms in total. The molecule has 0 spiro atoms. The van der Waals surface area contributed by atoms with Crippen LogP contribution in [0.4, 0.5) is 0 Å². The lowest BCUT2D eigenvalue weighted by Crippen LogP contribution is -2.00.